The minimum absolute atomic E-state index is 0.0392. The van der Waals surface area contributed by atoms with Crippen molar-refractivity contribution in [1.82, 2.24) is 10.2 Å². The molecule has 2 atom stereocenters. The van der Waals surface area contributed by atoms with E-state index < -0.39 is 0 Å². The van der Waals surface area contributed by atoms with E-state index in [1.165, 1.54) is 12.8 Å². The van der Waals surface area contributed by atoms with Crippen molar-refractivity contribution in [1.29, 1.82) is 0 Å². The maximum Gasteiger partial charge on any atom is 0.241 e. The summed E-state index contributed by atoms with van der Waals surface area (Å²) in [5.41, 5.74) is 0. The van der Waals surface area contributed by atoms with Gasteiger partial charge >= 0.3 is 0 Å². The maximum atomic E-state index is 12.1. The highest BCUT2D eigenvalue weighted by Crippen LogP contribution is 2.28. The molecule has 18 heavy (non-hydrogen) atoms. The fourth-order valence-corrected chi connectivity index (χ4v) is 2.51. The SMILES string of the molecule is CCCC1NC(C)N(CCCOCC2CC2)C1=O. The molecule has 4 nitrogen and oxygen atoms in total. The fourth-order valence-electron chi connectivity index (χ4n) is 2.51. The van der Waals surface area contributed by atoms with E-state index in [9.17, 15) is 4.79 Å². The van der Waals surface area contributed by atoms with Crippen LogP contribution in [0.25, 0.3) is 0 Å². The lowest BCUT2D eigenvalue weighted by molar-refractivity contribution is -0.130. The molecule has 1 N–H and O–H groups in total. The molecule has 1 saturated heterocycles. The Morgan fingerprint density at radius 1 is 1.44 bits per heavy atom. The van der Waals surface area contributed by atoms with Crippen molar-refractivity contribution in [2.75, 3.05) is 19.8 Å². The molecule has 0 aromatic heterocycles. The van der Waals surface area contributed by atoms with Crippen LogP contribution in [0.4, 0.5) is 0 Å². The monoisotopic (exact) mass is 254 g/mol. The number of nitrogens with one attached hydrogen (secondary N) is 1. The van der Waals surface area contributed by atoms with Crippen LogP contribution >= 0.6 is 0 Å². The Morgan fingerprint density at radius 2 is 2.22 bits per heavy atom. The van der Waals surface area contributed by atoms with Crippen molar-refractivity contribution in [3.63, 3.8) is 0 Å². The Bertz CT molecular complexity index is 279. The Kier molecular flexibility index (Phi) is 5.01. The van der Waals surface area contributed by atoms with E-state index in [0.29, 0.717) is 0 Å². The minimum atomic E-state index is 0.0392. The maximum absolute atomic E-state index is 12.1. The zero-order chi connectivity index (χ0) is 13.0. The van der Waals surface area contributed by atoms with Gasteiger partial charge in [0.1, 0.15) is 0 Å². The number of ether oxygens (including phenoxy) is 1. The number of nitrogens with zero attached hydrogens (tertiary/aromatic N) is 1. The predicted octanol–water partition coefficient (Wildman–Crippen LogP) is 1.75. The molecule has 0 radical (unpaired) electrons. The first-order valence-corrected chi connectivity index (χ1v) is 7.36. The second kappa shape index (κ2) is 6.53. The Labute approximate surface area is 110 Å². The number of hydrogen-bond donors (Lipinski definition) is 1. The Morgan fingerprint density at radius 3 is 2.89 bits per heavy atom. The molecular formula is C14H26N2O2. The quantitative estimate of drug-likeness (QED) is 0.671. The van der Waals surface area contributed by atoms with Crippen molar-refractivity contribution in [2.24, 2.45) is 5.92 Å². The van der Waals surface area contributed by atoms with E-state index >= 15 is 0 Å². The van der Waals surface area contributed by atoms with Gasteiger partial charge in [-0.1, -0.05) is 13.3 Å². The highest BCUT2D eigenvalue weighted by Gasteiger charge is 2.34. The first kappa shape index (κ1) is 13.8. The van der Waals surface area contributed by atoms with Crippen molar-refractivity contribution in [3.05, 3.63) is 0 Å². The van der Waals surface area contributed by atoms with Crippen LogP contribution in [0.15, 0.2) is 0 Å². The second-order valence-corrected chi connectivity index (χ2v) is 5.59. The van der Waals surface area contributed by atoms with Crippen molar-refractivity contribution in [3.8, 4) is 0 Å². The van der Waals surface area contributed by atoms with Crippen molar-refractivity contribution in [2.45, 2.75) is 58.2 Å². The lowest BCUT2D eigenvalue weighted by atomic mass is 10.2. The smallest absolute Gasteiger partial charge is 0.241 e. The molecule has 0 aromatic rings. The minimum Gasteiger partial charge on any atom is -0.381 e. The summed E-state index contributed by atoms with van der Waals surface area (Å²) in [6.07, 6.45) is 5.79. The van der Waals surface area contributed by atoms with Gasteiger partial charge in [0.2, 0.25) is 5.91 Å². The highest BCUT2D eigenvalue weighted by molar-refractivity contribution is 5.84. The van der Waals surface area contributed by atoms with E-state index in [0.717, 1.165) is 44.9 Å². The Balaban J connectivity index is 1.62. The van der Waals surface area contributed by atoms with Gasteiger partial charge in [-0.3, -0.25) is 10.1 Å². The third-order valence-corrected chi connectivity index (χ3v) is 3.81. The van der Waals surface area contributed by atoms with Gasteiger partial charge in [0, 0.05) is 19.8 Å². The summed E-state index contributed by atoms with van der Waals surface area (Å²) in [4.78, 5) is 14.1. The number of rotatable bonds is 8. The molecule has 0 aromatic carbocycles. The van der Waals surface area contributed by atoms with Crippen LogP contribution in [0.2, 0.25) is 0 Å². The lowest BCUT2D eigenvalue weighted by Crippen LogP contribution is -2.35. The van der Waals surface area contributed by atoms with Gasteiger partial charge < -0.3 is 9.64 Å². The molecule has 4 heteroatoms. The molecule has 2 unspecified atom stereocenters. The predicted molar refractivity (Wildman–Crippen MR) is 71.2 cm³/mol. The van der Waals surface area contributed by atoms with Crippen LogP contribution in [0.1, 0.15) is 46.0 Å². The molecule has 1 aliphatic carbocycles. The van der Waals surface area contributed by atoms with Crippen LogP contribution in [0.5, 0.6) is 0 Å². The summed E-state index contributed by atoms with van der Waals surface area (Å²) in [5, 5.41) is 3.36. The number of carbonyl (C=O) groups excluding carboxylic acids is 1. The standard InChI is InChI=1S/C14H26N2O2/c1-3-5-13-14(17)16(11(2)15-13)8-4-9-18-10-12-6-7-12/h11-13,15H,3-10H2,1-2H3. The molecule has 2 aliphatic rings. The third-order valence-electron chi connectivity index (χ3n) is 3.81. The summed E-state index contributed by atoms with van der Waals surface area (Å²) in [6, 6.07) is 0.0392. The first-order chi connectivity index (χ1) is 8.72. The van der Waals surface area contributed by atoms with Gasteiger partial charge in [-0.25, -0.2) is 0 Å². The first-order valence-electron chi connectivity index (χ1n) is 7.36. The summed E-state index contributed by atoms with van der Waals surface area (Å²) < 4.78 is 5.60. The molecule has 1 saturated carbocycles. The number of hydrogen-bond acceptors (Lipinski definition) is 3. The Hall–Kier alpha value is -0.610. The van der Waals surface area contributed by atoms with E-state index in [-0.39, 0.29) is 18.1 Å². The molecule has 104 valence electrons. The van der Waals surface area contributed by atoms with Crippen molar-refractivity contribution >= 4 is 5.91 Å². The summed E-state index contributed by atoms with van der Waals surface area (Å²) >= 11 is 0. The van der Waals surface area contributed by atoms with Gasteiger partial charge in [0.05, 0.1) is 12.2 Å². The zero-order valence-corrected chi connectivity index (χ0v) is 11.7. The van der Waals surface area contributed by atoms with Crippen LogP contribution in [0.3, 0.4) is 0 Å². The molecule has 2 rings (SSSR count). The van der Waals surface area contributed by atoms with E-state index in [1.807, 2.05) is 4.90 Å². The van der Waals surface area contributed by atoms with Gasteiger partial charge in [-0.2, -0.15) is 0 Å². The van der Waals surface area contributed by atoms with Crippen LogP contribution in [-0.2, 0) is 9.53 Å². The topological polar surface area (TPSA) is 41.6 Å². The molecular weight excluding hydrogens is 228 g/mol. The zero-order valence-electron chi connectivity index (χ0n) is 11.7. The van der Waals surface area contributed by atoms with E-state index in [1.54, 1.807) is 0 Å². The third kappa shape index (κ3) is 3.69. The normalized spacial score (nSPS) is 28.1. The molecule has 0 spiro atoms. The van der Waals surface area contributed by atoms with Gasteiger partial charge in [0.15, 0.2) is 0 Å². The average Bonchev–Trinajstić information content (AvgIpc) is 3.12. The molecule has 0 bridgehead atoms. The van der Waals surface area contributed by atoms with Crippen LogP contribution in [0, 0.1) is 5.92 Å². The summed E-state index contributed by atoms with van der Waals surface area (Å²) in [7, 11) is 0. The van der Waals surface area contributed by atoms with E-state index in [4.69, 9.17) is 4.74 Å². The fraction of sp³-hybridized carbons (Fsp3) is 0.929. The summed E-state index contributed by atoms with van der Waals surface area (Å²) in [5.74, 6) is 1.10. The molecule has 1 amide bonds. The van der Waals surface area contributed by atoms with E-state index in [2.05, 4.69) is 19.2 Å². The molecule has 1 heterocycles. The van der Waals surface area contributed by atoms with Crippen LogP contribution in [-0.4, -0.2) is 42.8 Å². The molecule has 1 aliphatic heterocycles. The van der Waals surface area contributed by atoms with Crippen molar-refractivity contribution < 1.29 is 9.53 Å². The van der Waals surface area contributed by atoms with Gasteiger partial charge in [-0.15, -0.1) is 0 Å². The van der Waals surface area contributed by atoms with Gasteiger partial charge in [-0.05, 0) is 38.5 Å². The van der Waals surface area contributed by atoms with Crippen LogP contribution < -0.4 is 5.32 Å². The number of carbonyl (C=O) groups is 1. The van der Waals surface area contributed by atoms with Gasteiger partial charge in [0.25, 0.3) is 0 Å². The lowest BCUT2D eigenvalue weighted by Gasteiger charge is -2.20. The largest absolute Gasteiger partial charge is 0.381 e. The highest BCUT2D eigenvalue weighted by atomic mass is 16.5. The second-order valence-electron chi connectivity index (χ2n) is 5.59. The summed E-state index contributed by atoms with van der Waals surface area (Å²) in [6.45, 7) is 6.70. The average molecular weight is 254 g/mol. The number of amides is 1. The molecule has 2 fully saturated rings.